The topological polar surface area (TPSA) is 84.9 Å². The Bertz CT molecular complexity index is 1040. The number of hydrogen-bond acceptors (Lipinski definition) is 5. The van der Waals surface area contributed by atoms with Crippen LogP contribution in [0.3, 0.4) is 0 Å². The van der Waals surface area contributed by atoms with Crippen LogP contribution in [0.15, 0.2) is 54.6 Å². The molecule has 2 aliphatic heterocycles. The fourth-order valence-electron chi connectivity index (χ4n) is 4.83. The highest BCUT2D eigenvalue weighted by Gasteiger charge is 2.40. The van der Waals surface area contributed by atoms with Crippen molar-refractivity contribution in [3.05, 3.63) is 60.2 Å². The summed E-state index contributed by atoms with van der Waals surface area (Å²) in [4.78, 5) is 12.9. The Morgan fingerprint density at radius 3 is 2.38 bits per heavy atom. The van der Waals surface area contributed by atoms with Crippen LogP contribution in [0.1, 0.15) is 49.4 Å². The second-order valence-electron chi connectivity index (χ2n) is 9.26. The van der Waals surface area contributed by atoms with Crippen LogP contribution in [0, 0.1) is 5.41 Å². The van der Waals surface area contributed by atoms with E-state index in [0.717, 1.165) is 44.5 Å². The molecule has 2 aliphatic rings. The first-order chi connectivity index (χ1) is 16.4. The number of piperidine rings is 1. The van der Waals surface area contributed by atoms with Gasteiger partial charge in [0.15, 0.2) is 0 Å². The van der Waals surface area contributed by atoms with E-state index in [9.17, 15) is 13.2 Å². The minimum Gasteiger partial charge on any atom is -0.457 e. The molecule has 1 atom stereocenters. The van der Waals surface area contributed by atoms with Gasteiger partial charge in [-0.05, 0) is 80.8 Å². The molecule has 2 aromatic rings. The van der Waals surface area contributed by atoms with Gasteiger partial charge in [-0.15, -0.1) is 0 Å². The quantitative estimate of drug-likeness (QED) is 0.574. The van der Waals surface area contributed by atoms with E-state index in [0.29, 0.717) is 30.9 Å². The van der Waals surface area contributed by atoms with Crippen molar-refractivity contribution in [3.8, 4) is 11.5 Å². The summed E-state index contributed by atoms with van der Waals surface area (Å²) in [6.07, 6.45) is 4.54. The largest absolute Gasteiger partial charge is 0.457 e. The number of nitrogens with one attached hydrogen (secondary N) is 1. The van der Waals surface area contributed by atoms with E-state index in [2.05, 4.69) is 5.32 Å². The molecule has 0 radical (unpaired) electrons. The van der Waals surface area contributed by atoms with E-state index in [4.69, 9.17) is 9.47 Å². The summed E-state index contributed by atoms with van der Waals surface area (Å²) in [5.41, 5.74) is 0.402. The second-order valence-corrected chi connectivity index (χ2v) is 11.5. The van der Waals surface area contributed by atoms with Crippen LogP contribution in [0.4, 0.5) is 0 Å². The molecule has 0 aliphatic carbocycles. The maximum Gasteiger partial charge on any atom is 0.251 e. The molecule has 8 heteroatoms. The van der Waals surface area contributed by atoms with Crippen LogP contribution in [-0.4, -0.2) is 56.7 Å². The number of sulfonamides is 1. The number of amides is 1. The first kappa shape index (κ1) is 24.7. The lowest BCUT2D eigenvalue weighted by Gasteiger charge is -2.42. The Balaban J connectivity index is 1.38. The van der Waals surface area contributed by atoms with Gasteiger partial charge in [-0.1, -0.05) is 18.2 Å². The zero-order chi connectivity index (χ0) is 24.0. The molecule has 1 unspecified atom stereocenters. The summed E-state index contributed by atoms with van der Waals surface area (Å²) < 4.78 is 37.9. The highest BCUT2D eigenvalue weighted by Crippen LogP contribution is 2.39. The van der Waals surface area contributed by atoms with Gasteiger partial charge in [-0.25, -0.2) is 12.7 Å². The Morgan fingerprint density at radius 2 is 1.76 bits per heavy atom. The first-order valence-corrected chi connectivity index (χ1v) is 13.7. The second kappa shape index (κ2) is 10.9. The minimum absolute atomic E-state index is 0.118. The zero-order valence-corrected chi connectivity index (χ0v) is 20.6. The third kappa shape index (κ3) is 6.17. The molecule has 0 spiro atoms. The molecule has 2 fully saturated rings. The highest BCUT2D eigenvalue weighted by molar-refractivity contribution is 7.89. The molecular formula is C26H34N2O5S. The van der Waals surface area contributed by atoms with Crippen molar-refractivity contribution in [2.75, 3.05) is 32.0 Å². The van der Waals surface area contributed by atoms with Crippen molar-refractivity contribution < 1.29 is 22.7 Å². The molecular weight excluding hydrogens is 452 g/mol. The fraction of sp³-hybridized carbons (Fsp3) is 0.500. The molecule has 2 heterocycles. The number of para-hydroxylation sites is 1. The number of carbonyl (C=O) groups is 1. The molecule has 2 aromatic carbocycles. The lowest BCUT2D eigenvalue weighted by atomic mass is 9.74. The maximum atomic E-state index is 12.9. The van der Waals surface area contributed by atoms with Gasteiger partial charge in [-0.2, -0.15) is 0 Å². The molecule has 1 amide bonds. The monoisotopic (exact) mass is 486 g/mol. The number of carbonyl (C=O) groups excluding carboxylic acids is 1. The lowest BCUT2D eigenvalue weighted by molar-refractivity contribution is 0.0361. The number of benzene rings is 2. The number of hydrogen-bond donors (Lipinski definition) is 1. The van der Waals surface area contributed by atoms with Crippen LogP contribution < -0.4 is 10.1 Å². The van der Waals surface area contributed by atoms with Crippen molar-refractivity contribution >= 4 is 15.9 Å². The van der Waals surface area contributed by atoms with Crippen LogP contribution in [0.2, 0.25) is 0 Å². The molecule has 2 saturated heterocycles. The van der Waals surface area contributed by atoms with E-state index in [1.165, 1.54) is 0 Å². The zero-order valence-electron chi connectivity index (χ0n) is 19.7. The van der Waals surface area contributed by atoms with Gasteiger partial charge < -0.3 is 14.8 Å². The maximum absolute atomic E-state index is 12.9. The van der Waals surface area contributed by atoms with Crippen molar-refractivity contribution in [1.29, 1.82) is 0 Å². The number of rotatable bonds is 9. The van der Waals surface area contributed by atoms with Gasteiger partial charge in [0.25, 0.3) is 5.91 Å². The number of ether oxygens (including phenoxy) is 2. The van der Waals surface area contributed by atoms with Crippen molar-refractivity contribution in [3.63, 3.8) is 0 Å². The smallest absolute Gasteiger partial charge is 0.251 e. The summed E-state index contributed by atoms with van der Waals surface area (Å²) >= 11 is 0. The Labute approximate surface area is 202 Å². The van der Waals surface area contributed by atoms with Gasteiger partial charge in [0.05, 0.1) is 11.9 Å². The standard InChI is InChI=1S/C26H34N2O5S/c1-2-34(30,31)28-16-14-26(15-17-28,19-24-9-6-18-32-24)20-27-25(29)21-10-12-23(13-11-21)33-22-7-4-3-5-8-22/h3-5,7-8,10-13,24H,2,6,9,14-20H2,1H3,(H,27,29). The third-order valence-electron chi connectivity index (χ3n) is 6.95. The van der Waals surface area contributed by atoms with E-state index in [1.54, 1.807) is 35.5 Å². The van der Waals surface area contributed by atoms with Crippen LogP contribution in [0.25, 0.3) is 0 Å². The van der Waals surface area contributed by atoms with E-state index < -0.39 is 10.0 Å². The van der Waals surface area contributed by atoms with Crippen molar-refractivity contribution in [2.45, 2.75) is 45.1 Å². The van der Waals surface area contributed by atoms with Gasteiger partial charge in [0.2, 0.25) is 10.0 Å². The van der Waals surface area contributed by atoms with Gasteiger partial charge in [0.1, 0.15) is 11.5 Å². The lowest BCUT2D eigenvalue weighted by Crippen LogP contribution is -2.49. The Hall–Kier alpha value is -2.42. The molecule has 4 rings (SSSR count). The summed E-state index contributed by atoms with van der Waals surface area (Å²) in [7, 11) is -3.20. The normalized spacial score (nSPS) is 20.7. The molecule has 0 bridgehead atoms. The van der Waals surface area contributed by atoms with Crippen molar-refractivity contribution in [2.24, 2.45) is 5.41 Å². The van der Waals surface area contributed by atoms with Gasteiger partial charge >= 0.3 is 0 Å². The van der Waals surface area contributed by atoms with Crippen molar-refractivity contribution in [1.82, 2.24) is 9.62 Å². The summed E-state index contributed by atoms with van der Waals surface area (Å²) in [5, 5.41) is 3.12. The average Bonchev–Trinajstić information content (AvgIpc) is 3.37. The van der Waals surface area contributed by atoms with Gasteiger partial charge in [0, 0.05) is 31.8 Å². The highest BCUT2D eigenvalue weighted by atomic mass is 32.2. The van der Waals surface area contributed by atoms with Crippen LogP contribution in [0.5, 0.6) is 11.5 Å². The number of nitrogens with zero attached hydrogens (tertiary/aromatic N) is 1. The third-order valence-corrected chi connectivity index (χ3v) is 8.83. The molecule has 0 saturated carbocycles. The van der Waals surface area contributed by atoms with E-state index >= 15 is 0 Å². The molecule has 7 nitrogen and oxygen atoms in total. The average molecular weight is 487 g/mol. The predicted molar refractivity (Wildman–Crippen MR) is 132 cm³/mol. The summed E-state index contributed by atoms with van der Waals surface area (Å²) in [6.45, 7) is 3.95. The minimum atomic E-state index is -3.20. The van der Waals surface area contributed by atoms with Crippen LogP contribution >= 0.6 is 0 Å². The molecule has 1 N–H and O–H groups in total. The molecule has 184 valence electrons. The SMILES string of the molecule is CCS(=O)(=O)N1CCC(CNC(=O)c2ccc(Oc3ccccc3)cc2)(CC2CCCO2)CC1. The molecule has 0 aromatic heterocycles. The summed E-state index contributed by atoms with van der Waals surface area (Å²) in [5.74, 6) is 1.39. The Morgan fingerprint density at radius 1 is 1.09 bits per heavy atom. The predicted octanol–water partition coefficient (Wildman–Crippen LogP) is 4.21. The fourth-order valence-corrected chi connectivity index (χ4v) is 5.94. The van der Waals surface area contributed by atoms with E-state index in [1.807, 2.05) is 30.3 Å². The summed E-state index contributed by atoms with van der Waals surface area (Å²) in [6, 6.07) is 16.6. The van der Waals surface area contributed by atoms with E-state index in [-0.39, 0.29) is 23.2 Å². The molecule has 34 heavy (non-hydrogen) atoms. The first-order valence-electron chi connectivity index (χ1n) is 12.1. The van der Waals surface area contributed by atoms with Gasteiger partial charge in [-0.3, -0.25) is 4.79 Å². The Kier molecular flexibility index (Phi) is 7.91. The van der Waals surface area contributed by atoms with Crippen LogP contribution in [-0.2, 0) is 14.8 Å².